The van der Waals surface area contributed by atoms with E-state index in [2.05, 4.69) is 41.3 Å². The largest absolute Gasteiger partial charge is 0.378 e. The third kappa shape index (κ3) is 4.60. The van der Waals surface area contributed by atoms with Gasteiger partial charge in [0.25, 0.3) is 5.91 Å². The van der Waals surface area contributed by atoms with Crippen LogP contribution in [-0.4, -0.2) is 53.6 Å². The summed E-state index contributed by atoms with van der Waals surface area (Å²) in [4.78, 5) is 23.4. The van der Waals surface area contributed by atoms with Crippen LogP contribution in [0.2, 0.25) is 0 Å². The van der Waals surface area contributed by atoms with Gasteiger partial charge in [-0.05, 0) is 47.7 Å². The summed E-state index contributed by atoms with van der Waals surface area (Å²) in [7, 11) is 0. The first-order valence-electron chi connectivity index (χ1n) is 10.6. The molecule has 0 unspecified atom stereocenters. The number of aromatic nitrogens is 2. The summed E-state index contributed by atoms with van der Waals surface area (Å²) in [5.74, 6) is 1.56. The molecule has 2 heterocycles. The number of fused-ring (bicyclic) bond motifs is 1. The van der Waals surface area contributed by atoms with E-state index >= 15 is 0 Å². The van der Waals surface area contributed by atoms with Crippen LogP contribution in [0.25, 0.3) is 22.0 Å². The molecule has 1 N–H and O–H groups in total. The Morgan fingerprint density at radius 2 is 1.80 bits per heavy atom. The summed E-state index contributed by atoms with van der Waals surface area (Å²) < 4.78 is 5.33. The molecule has 1 aliphatic heterocycles. The molecule has 1 aliphatic rings. The summed E-state index contributed by atoms with van der Waals surface area (Å²) in [5, 5.41) is 4.45. The Morgan fingerprint density at radius 3 is 2.53 bits per heavy atom. The topological polar surface area (TPSA) is 67.4 Å². The van der Waals surface area contributed by atoms with Crippen molar-refractivity contribution >= 4 is 22.6 Å². The van der Waals surface area contributed by atoms with E-state index in [-0.39, 0.29) is 5.91 Å². The van der Waals surface area contributed by atoms with Crippen molar-refractivity contribution in [1.82, 2.24) is 14.9 Å². The average Bonchev–Trinajstić information content (AvgIpc) is 2.79. The molecule has 6 heteroatoms. The predicted molar refractivity (Wildman–Crippen MR) is 120 cm³/mol. The summed E-state index contributed by atoms with van der Waals surface area (Å²) in [6.07, 6.45) is 2.69. The van der Waals surface area contributed by atoms with Crippen LogP contribution < -0.4 is 5.32 Å². The minimum atomic E-state index is 0.0633. The lowest BCUT2D eigenvalue weighted by Gasteiger charge is -2.26. The predicted octanol–water partition coefficient (Wildman–Crippen LogP) is 4.23. The Hall–Kier alpha value is -2.99. The van der Waals surface area contributed by atoms with E-state index in [0.717, 1.165) is 40.8 Å². The number of carbonyl (C=O) groups is 1. The van der Waals surface area contributed by atoms with Crippen LogP contribution in [0, 0.1) is 5.92 Å². The lowest BCUT2D eigenvalue weighted by atomic mass is 10.0. The highest BCUT2D eigenvalue weighted by Crippen LogP contribution is 2.27. The Balaban J connectivity index is 1.55. The number of ether oxygens (including phenoxy) is 1. The van der Waals surface area contributed by atoms with Gasteiger partial charge in [-0.3, -0.25) is 4.79 Å². The highest BCUT2D eigenvalue weighted by Gasteiger charge is 2.18. The number of hydrogen-bond acceptors (Lipinski definition) is 5. The second-order valence-corrected chi connectivity index (χ2v) is 8.05. The van der Waals surface area contributed by atoms with E-state index in [1.54, 1.807) is 6.33 Å². The molecule has 0 bridgehead atoms. The van der Waals surface area contributed by atoms with Gasteiger partial charge in [0, 0.05) is 30.6 Å². The number of amides is 1. The third-order valence-electron chi connectivity index (χ3n) is 5.41. The van der Waals surface area contributed by atoms with Gasteiger partial charge in [0.05, 0.1) is 18.7 Å². The molecule has 2 aromatic carbocycles. The zero-order valence-electron chi connectivity index (χ0n) is 17.6. The zero-order chi connectivity index (χ0) is 20.9. The first-order valence-corrected chi connectivity index (χ1v) is 10.6. The van der Waals surface area contributed by atoms with Crippen molar-refractivity contribution in [2.75, 3.05) is 38.2 Å². The van der Waals surface area contributed by atoms with Crippen molar-refractivity contribution in [3.63, 3.8) is 0 Å². The third-order valence-corrected chi connectivity index (χ3v) is 5.41. The van der Waals surface area contributed by atoms with Gasteiger partial charge in [-0.25, -0.2) is 9.97 Å². The first-order chi connectivity index (χ1) is 14.6. The minimum absolute atomic E-state index is 0.0633. The SMILES string of the molecule is CC(C)CCNc1ncnc2ccc(-c3ccc(C(=O)N4CCOCC4)cc3)cc12. The van der Waals surface area contributed by atoms with Gasteiger partial charge in [-0.15, -0.1) is 0 Å². The number of hydrogen-bond donors (Lipinski definition) is 1. The molecule has 0 radical (unpaired) electrons. The highest BCUT2D eigenvalue weighted by atomic mass is 16.5. The molecule has 1 saturated heterocycles. The van der Waals surface area contributed by atoms with Crippen LogP contribution in [0.15, 0.2) is 48.8 Å². The van der Waals surface area contributed by atoms with Gasteiger partial charge in [0.15, 0.2) is 0 Å². The number of morpholine rings is 1. The fraction of sp³-hybridized carbons (Fsp3) is 0.375. The molecule has 3 aromatic rings. The number of benzene rings is 2. The van der Waals surface area contributed by atoms with E-state index < -0.39 is 0 Å². The lowest BCUT2D eigenvalue weighted by Crippen LogP contribution is -2.40. The molecule has 1 fully saturated rings. The number of carbonyl (C=O) groups excluding carboxylic acids is 1. The monoisotopic (exact) mass is 404 g/mol. The molecular weight excluding hydrogens is 376 g/mol. The quantitative estimate of drug-likeness (QED) is 0.666. The summed E-state index contributed by atoms with van der Waals surface area (Å²) >= 11 is 0. The molecule has 156 valence electrons. The number of anilines is 1. The standard InChI is InChI=1S/C24H28N4O2/c1-17(2)9-10-25-23-21-15-20(7-8-22(21)26-16-27-23)18-3-5-19(6-4-18)24(29)28-11-13-30-14-12-28/h3-8,15-17H,9-14H2,1-2H3,(H,25,26,27). The molecule has 0 atom stereocenters. The van der Waals surface area contributed by atoms with Crippen molar-refractivity contribution in [3.05, 3.63) is 54.4 Å². The van der Waals surface area contributed by atoms with Crippen LogP contribution >= 0.6 is 0 Å². The molecule has 30 heavy (non-hydrogen) atoms. The second-order valence-electron chi connectivity index (χ2n) is 8.05. The molecule has 0 spiro atoms. The average molecular weight is 405 g/mol. The molecule has 1 amide bonds. The second kappa shape index (κ2) is 9.22. The van der Waals surface area contributed by atoms with Crippen LogP contribution in [0.1, 0.15) is 30.6 Å². The van der Waals surface area contributed by atoms with Crippen LogP contribution in [-0.2, 0) is 4.74 Å². The van der Waals surface area contributed by atoms with Crippen molar-refractivity contribution < 1.29 is 9.53 Å². The van der Waals surface area contributed by atoms with Gasteiger partial charge in [0.1, 0.15) is 12.1 Å². The van der Waals surface area contributed by atoms with Gasteiger partial charge in [0.2, 0.25) is 0 Å². The normalized spacial score (nSPS) is 14.3. The number of nitrogens with zero attached hydrogens (tertiary/aromatic N) is 3. The van der Waals surface area contributed by atoms with E-state index in [0.29, 0.717) is 37.8 Å². The zero-order valence-corrected chi connectivity index (χ0v) is 17.6. The highest BCUT2D eigenvalue weighted by molar-refractivity contribution is 5.95. The number of rotatable bonds is 6. The molecule has 0 aliphatic carbocycles. The first kappa shape index (κ1) is 20.3. The van der Waals surface area contributed by atoms with E-state index in [1.807, 2.05) is 35.2 Å². The summed E-state index contributed by atoms with van der Waals surface area (Å²) in [6, 6.07) is 14.0. The minimum Gasteiger partial charge on any atom is -0.378 e. The Bertz CT molecular complexity index is 1010. The van der Waals surface area contributed by atoms with Gasteiger partial charge >= 0.3 is 0 Å². The van der Waals surface area contributed by atoms with Crippen LogP contribution in [0.5, 0.6) is 0 Å². The fourth-order valence-electron chi connectivity index (χ4n) is 3.61. The van der Waals surface area contributed by atoms with E-state index in [4.69, 9.17) is 4.74 Å². The van der Waals surface area contributed by atoms with Crippen molar-refractivity contribution in [2.24, 2.45) is 5.92 Å². The van der Waals surface area contributed by atoms with Crippen LogP contribution in [0.3, 0.4) is 0 Å². The molecular formula is C24H28N4O2. The van der Waals surface area contributed by atoms with Crippen molar-refractivity contribution in [2.45, 2.75) is 20.3 Å². The smallest absolute Gasteiger partial charge is 0.254 e. The Labute approximate surface area is 177 Å². The van der Waals surface area contributed by atoms with Crippen molar-refractivity contribution in [3.8, 4) is 11.1 Å². The summed E-state index contributed by atoms with van der Waals surface area (Å²) in [5.41, 5.74) is 3.77. The van der Waals surface area contributed by atoms with E-state index in [9.17, 15) is 4.79 Å². The molecule has 6 nitrogen and oxygen atoms in total. The number of nitrogens with one attached hydrogen (secondary N) is 1. The maximum Gasteiger partial charge on any atom is 0.254 e. The Kier molecular flexibility index (Phi) is 6.23. The van der Waals surface area contributed by atoms with Crippen LogP contribution in [0.4, 0.5) is 5.82 Å². The molecule has 0 saturated carbocycles. The maximum atomic E-state index is 12.7. The Morgan fingerprint density at radius 1 is 1.07 bits per heavy atom. The summed E-state index contributed by atoms with van der Waals surface area (Å²) in [6.45, 7) is 7.83. The maximum absolute atomic E-state index is 12.7. The fourth-order valence-corrected chi connectivity index (χ4v) is 3.61. The van der Waals surface area contributed by atoms with Gasteiger partial charge in [-0.1, -0.05) is 32.0 Å². The van der Waals surface area contributed by atoms with E-state index in [1.165, 1.54) is 0 Å². The van der Waals surface area contributed by atoms with Gasteiger partial charge in [-0.2, -0.15) is 0 Å². The van der Waals surface area contributed by atoms with Crippen molar-refractivity contribution in [1.29, 1.82) is 0 Å². The molecule has 4 rings (SSSR count). The van der Waals surface area contributed by atoms with Gasteiger partial charge < -0.3 is 15.0 Å². The molecule has 1 aromatic heterocycles. The lowest BCUT2D eigenvalue weighted by molar-refractivity contribution is 0.0303.